The van der Waals surface area contributed by atoms with Gasteiger partial charge in [-0.25, -0.2) is 9.37 Å². The number of ether oxygens (including phenoxy) is 2. The van der Waals surface area contributed by atoms with E-state index in [1.54, 1.807) is 19.9 Å². The van der Waals surface area contributed by atoms with Crippen LogP contribution in [0.1, 0.15) is 47.3 Å². The molecule has 1 aromatic heterocycles. The number of benzene rings is 2. The zero-order valence-corrected chi connectivity index (χ0v) is 20.3. The number of nitrogens with two attached hydrogens (primary N) is 1. The van der Waals surface area contributed by atoms with E-state index in [2.05, 4.69) is 27.6 Å². The third-order valence-electron chi connectivity index (χ3n) is 5.54. The summed E-state index contributed by atoms with van der Waals surface area (Å²) in [5.41, 5.74) is 5.61. The van der Waals surface area contributed by atoms with Crippen LogP contribution in [0.25, 0.3) is 0 Å². The second-order valence-corrected chi connectivity index (χ2v) is 9.50. The van der Waals surface area contributed by atoms with Gasteiger partial charge in [0.25, 0.3) is 11.5 Å². The van der Waals surface area contributed by atoms with Crippen molar-refractivity contribution in [2.75, 3.05) is 6.61 Å². The van der Waals surface area contributed by atoms with E-state index < -0.39 is 23.1 Å². The fourth-order valence-corrected chi connectivity index (χ4v) is 4.54. The molecule has 9 heteroatoms. The van der Waals surface area contributed by atoms with Crippen molar-refractivity contribution in [2.45, 2.75) is 38.5 Å². The van der Waals surface area contributed by atoms with Crippen LogP contribution in [0.2, 0.25) is 0 Å². The summed E-state index contributed by atoms with van der Waals surface area (Å²) < 4.78 is 27.6. The molecule has 1 atom stereocenters. The molecule has 4 rings (SSSR count). The van der Waals surface area contributed by atoms with Gasteiger partial charge in [-0.1, -0.05) is 36.4 Å². The lowest BCUT2D eigenvalue weighted by Crippen LogP contribution is -2.46. The molecule has 1 aliphatic rings. The quantitative estimate of drug-likeness (QED) is 0.462. The molecule has 0 aliphatic carbocycles. The van der Waals surface area contributed by atoms with Gasteiger partial charge in [-0.3, -0.25) is 14.2 Å². The maximum absolute atomic E-state index is 13.7. The minimum Gasteiger partial charge on any atom is -0.481 e. The van der Waals surface area contributed by atoms with Crippen LogP contribution >= 0.6 is 22.6 Å². The highest BCUT2D eigenvalue weighted by atomic mass is 127. The second-order valence-electron chi connectivity index (χ2n) is 8.34. The zero-order chi connectivity index (χ0) is 23.8. The van der Waals surface area contributed by atoms with Crippen molar-refractivity contribution in [3.8, 4) is 5.75 Å². The molecule has 0 fully saturated rings. The number of aromatic nitrogens is 2. The lowest BCUT2D eigenvalue weighted by Gasteiger charge is -2.38. The third kappa shape index (κ3) is 4.79. The zero-order valence-electron chi connectivity index (χ0n) is 18.2. The normalized spacial score (nSPS) is 16.8. The predicted molar refractivity (Wildman–Crippen MR) is 129 cm³/mol. The number of hydrogen-bond acceptors (Lipinski definition) is 5. The molecule has 0 saturated heterocycles. The topological polar surface area (TPSA) is 96.4 Å². The van der Waals surface area contributed by atoms with E-state index >= 15 is 0 Å². The van der Waals surface area contributed by atoms with Crippen LogP contribution in [-0.4, -0.2) is 22.1 Å². The maximum atomic E-state index is 13.7. The predicted octanol–water partition coefficient (Wildman–Crippen LogP) is 3.71. The Morgan fingerprint density at radius 1 is 1.30 bits per heavy atom. The summed E-state index contributed by atoms with van der Waals surface area (Å²) in [4.78, 5) is 30.3. The molecule has 1 unspecified atom stereocenters. The maximum Gasteiger partial charge on any atom is 0.297 e. The van der Waals surface area contributed by atoms with E-state index in [1.807, 2.05) is 30.3 Å². The summed E-state index contributed by atoms with van der Waals surface area (Å²) >= 11 is 2.07. The Morgan fingerprint density at radius 2 is 2.03 bits per heavy atom. The second kappa shape index (κ2) is 9.22. The van der Waals surface area contributed by atoms with E-state index in [9.17, 15) is 14.0 Å². The number of fused-ring (bicyclic) bond motifs is 1. The molecular formula is C24H23FIN3O4. The molecule has 0 bridgehead atoms. The van der Waals surface area contributed by atoms with Gasteiger partial charge in [0.1, 0.15) is 23.8 Å². The Morgan fingerprint density at radius 3 is 2.70 bits per heavy atom. The van der Waals surface area contributed by atoms with Crippen molar-refractivity contribution in [2.24, 2.45) is 5.73 Å². The Kier molecular flexibility index (Phi) is 6.53. The molecular weight excluding hydrogens is 540 g/mol. The van der Waals surface area contributed by atoms with Gasteiger partial charge in [-0.05, 0) is 66.1 Å². The highest BCUT2D eigenvalue weighted by Gasteiger charge is 2.38. The first-order valence-corrected chi connectivity index (χ1v) is 11.5. The van der Waals surface area contributed by atoms with Crippen molar-refractivity contribution in [3.05, 3.63) is 90.9 Å². The van der Waals surface area contributed by atoms with Crippen LogP contribution in [0.15, 0.2) is 53.3 Å². The first-order chi connectivity index (χ1) is 15.7. The first-order valence-electron chi connectivity index (χ1n) is 10.4. The van der Waals surface area contributed by atoms with Crippen molar-refractivity contribution in [1.29, 1.82) is 0 Å². The van der Waals surface area contributed by atoms with E-state index in [0.717, 1.165) is 14.7 Å². The molecule has 2 heterocycles. The summed E-state index contributed by atoms with van der Waals surface area (Å²) in [6.07, 6.45) is 0.414. The van der Waals surface area contributed by atoms with Gasteiger partial charge in [0.15, 0.2) is 5.69 Å². The van der Waals surface area contributed by atoms with Crippen LogP contribution in [0.5, 0.6) is 5.75 Å². The number of halogens is 2. The van der Waals surface area contributed by atoms with E-state index in [0.29, 0.717) is 12.2 Å². The van der Waals surface area contributed by atoms with Gasteiger partial charge >= 0.3 is 0 Å². The monoisotopic (exact) mass is 563 g/mol. The molecule has 2 N–H and O–H groups in total. The third-order valence-corrected chi connectivity index (χ3v) is 6.55. The van der Waals surface area contributed by atoms with E-state index in [-0.39, 0.29) is 30.5 Å². The molecule has 33 heavy (non-hydrogen) atoms. The Balaban J connectivity index is 1.80. The minimum absolute atomic E-state index is 0.0812. The van der Waals surface area contributed by atoms with Crippen molar-refractivity contribution in [3.63, 3.8) is 0 Å². The number of carbonyl (C=O) groups excluding carboxylic acids is 1. The lowest BCUT2D eigenvalue weighted by atomic mass is 10.00. The standard InChI is InChI=1S/C24H23FIN3O4/c1-24(2)23-28-19(21(27)30)20(32-12-14-6-4-3-5-7-14)22(31)29(23)17(13-33-24)10-15-8-9-16(25)11-18(15)26/h3-9,11,17H,10,12-13H2,1-2H3,(H2,27,30). The van der Waals surface area contributed by atoms with Crippen LogP contribution in [0, 0.1) is 9.39 Å². The number of carbonyl (C=O) groups is 1. The van der Waals surface area contributed by atoms with Crippen molar-refractivity contribution >= 4 is 28.5 Å². The smallest absolute Gasteiger partial charge is 0.297 e. The van der Waals surface area contributed by atoms with Gasteiger partial charge in [-0.2, -0.15) is 0 Å². The number of amides is 1. The molecule has 2 aromatic carbocycles. The van der Waals surface area contributed by atoms with Gasteiger partial charge in [0.2, 0.25) is 5.75 Å². The summed E-state index contributed by atoms with van der Waals surface area (Å²) in [6.45, 7) is 3.87. The van der Waals surface area contributed by atoms with Crippen LogP contribution in [0.4, 0.5) is 4.39 Å². The first kappa shape index (κ1) is 23.4. The van der Waals surface area contributed by atoms with Gasteiger partial charge in [-0.15, -0.1) is 0 Å². The highest BCUT2D eigenvalue weighted by Crippen LogP contribution is 2.34. The fourth-order valence-electron chi connectivity index (χ4n) is 3.84. The molecule has 0 radical (unpaired) electrons. The Bertz CT molecular complexity index is 1260. The Labute approximate surface area is 203 Å². The van der Waals surface area contributed by atoms with E-state index in [4.69, 9.17) is 15.2 Å². The number of hydrogen-bond donors (Lipinski definition) is 1. The molecule has 1 amide bonds. The van der Waals surface area contributed by atoms with Crippen LogP contribution in [0.3, 0.4) is 0 Å². The molecule has 0 saturated carbocycles. The molecule has 7 nitrogen and oxygen atoms in total. The van der Waals surface area contributed by atoms with Gasteiger partial charge in [0, 0.05) is 3.57 Å². The summed E-state index contributed by atoms with van der Waals surface area (Å²) in [7, 11) is 0. The number of primary amides is 1. The number of rotatable bonds is 6. The number of nitrogens with zero attached hydrogens (tertiary/aromatic N) is 2. The largest absolute Gasteiger partial charge is 0.481 e. The summed E-state index contributed by atoms with van der Waals surface area (Å²) in [6, 6.07) is 13.4. The SMILES string of the molecule is CC1(C)OCC(Cc2ccc(F)cc2I)n2c1nc(C(N)=O)c(OCc1ccccc1)c2=O. The summed E-state index contributed by atoms with van der Waals surface area (Å²) in [5, 5.41) is 0. The van der Waals surface area contributed by atoms with Gasteiger partial charge in [0.05, 0.1) is 12.6 Å². The van der Waals surface area contributed by atoms with Crippen molar-refractivity contribution in [1.82, 2.24) is 9.55 Å². The summed E-state index contributed by atoms with van der Waals surface area (Å²) in [5.74, 6) is -1.08. The molecule has 1 aliphatic heterocycles. The highest BCUT2D eigenvalue weighted by molar-refractivity contribution is 14.1. The Hall–Kier alpha value is -2.79. The van der Waals surface area contributed by atoms with Gasteiger partial charge < -0.3 is 15.2 Å². The fraction of sp³-hybridized carbons (Fsp3) is 0.292. The molecule has 0 spiro atoms. The lowest BCUT2D eigenvalue weighted by molar-refractivity contribution is -0.0726. The van der Waals surface area contributed by atoms with Crippen molar-refractivity contribution < 1.29 is 18.7 Å². The minimum atomic E-state index is -0.923. The molecule has 172 valence electrons. The average molecular weight is 563 g/mol. The van der Waals surface area contributed by atoms with E-state index in [1.165, 1.54) is 16.7 Å². The van der Waals surface area contributed by atoms with Crippen LogP contribution < -0.4 is 16.0 Å². The van der Waals surface area contributed by atoms with Crippen LogP contribution in [-0.2, 0) is 23.4 Å². The average Bonchev–Trinajstić information content (AvgIpc) is 2.77. The molecule has 3 aromatic rings.